The van der Waals surface area contributed by atoms with Crippen molar-refractivity contribution in [2.75, 3.05) is 18.1 Å². The fourth-order valence-electron chi connectivity index (χ4n) is 2.57. The maximum atomic E-state index is 11.6. The highest BCUT2D eigenvalue weighted by Gasteiger charge is 2.31. The highest BCUT2D eigenvalue weighted by molar-refractivity contribution is 9.10. The Morgan fingerprint density at radius 3 is 2.53 bits per heavy atom. The molecule has 0 aliphatic carbocycles. The van der Waals surface area contributed by atoms with Gasteiger partial charge in [-0.3, -0.25) is 4.90 Å². The molecule has 1 aromatic carbocycles. The van der Waals surface area contributed by atoms with E-state index in [1.54, 1.807) is 0 Å². The molecule has 0 aromatic heterocycles. The molecule has 1 aromatic rings. The first kappa shape index (κ1) is 15.0. The normalized spacial score (nSPS) is 21.9. The van der Waals surface area contributed by atoms with Gasteiger partial charge in [-0.25, -0.2) is 8.42 Å². The van der Waals surface area contributed by atoms with Crippen molar-refractivity contribution in [1.29, 1.82) is 0 Å². The molecule has 106 valence electrons. The van der Waals surface area contributed by atoms with E-state index >= 15 is 0 Å². The molecule has 0 N–H and O–H groups in total. The third kappa shape index (κ3) is 4.29. The van der Waals surface area contributed by atoms with E-state index in [0.29, 0.717) is 11.5 Å². The molecular weight excluding hydrogens is 326 g/mol. The zero-order valence-corrected chi connectivity index (χ0v) is 13.6. The van der Waals surface area contributed by atoms with Gasteiger partial charge < -0.3 is 0 Å². The summed E-state index contributed by atoms with van der Waals surface area (Å²) in [6.45, 7) is 3.93. The van der Waals surface area contributed by atoms with E-state index in [9.17, 15) is 8.42 Å². The van der Waals surface area contributed by atoms with Crippen molar-refractivity contribution >= 4 is 25.8 Å². The summed E-state index contributed by atoms with van der Waals surface area (Å²) >= 11 is 3.43. The minimum Gasteiger partial charge on any atom is -0.295 e. The van der Waals surface area contributed by atoms with E-state index in [1.807, 2.05) is 12.1 Å². The van der Waals surface area contributed by atoms with Crippen molar-refractivity contribution in [2.24, 2.45) is 0 Å². The van der Waals surface area contributed by atoms with Gasteiger partial charge in [0.15, 0.2) is 9.84 Å². The molecule has 1 saturated heterocycles. The highest BCUT2D eigenvalue weighted by Crippen LogP contribution is 2.21. The van der Waals surface area contributed by atoms with Gasteiger partial charge >= 0.3 is 0 Å². The molecule has 1 aliphatic rings. The van der Waals surface area contributed by atoms with E-state index in [4.69, 9.17) is 0 Å². The topological polar surface area (TPSA) is 37.4 Å². The number of nitrogens with zero attached hydrogens (tertiary/aromatic N) is 1. The minimum atomic E-state index is -2.81. The number of sulfone groups is 1. The zero-order chi connectivity index (χ0) is 13.9. The van der Waals surface area contributed by atoms with E-state index in [2.05, 4.69) is 39.9 Å². The van der Waals surface area contributed by atoms with Crippen LogP contribution in [0.4, 0.5) is 0 Å². The summed E-state index contributed by atoms with van der Waals surface area (Å²) in [5, 5.41) is 0. The minimum absolute atomic E-state index is 0.189. The zero-order valence-electron chi connectivity index (χ0n) is 11.2. The van der Waals surface area contributed by atoms with Gasteiger partial charge in [-0.2, -0.15) is 0 Å². The molecular formula is C14H20BrNO2S. The second kappa shape index (κ2) is 6.37. The Labute approximate surface area is 124 Å². The van der Waals surface area contributed by atoms with Crippen LogP contribution in [0.3, 0.4) is 0 Å². The van der Waals surface area contributed by atoms with Gasteiger partial charge in [0, 0.05) is 17.1 Å². The summed E-state index contributed by atoms with van der Waals surface area (Å²) < 4.78 is 24.3. The van der Waals surface area contributed by atoms with Gasteiger partial charge in [-0.15, -0.1) is 0 Å². The third-order valence-electron chi connectivity index (χ3n) is 3.53. The Hall–Kier alpha value is -0.390. The molecule has 1 fully saturated rings. The Morgan fingerprint density at radius 1 is 1.32 bits per heavy atom. The first-order chi connectivity index (χ1) is 9.00. The van der Waals surface area contributed by atoms with Crippen molar-refractivity contribution in [3.05, 3.63) is 34.3 Å². The van der Waals surface area contributed by atoms with Gasteiger partial charge in [0.1, 0.15) is 0 Å². The highest BCUT2D eigenvalue weighted by atomic mass is 79.9. The summed E-state index contributed by atoms with van der Waals surface area (Å²) in [4.78, 5) is 2.31. The molecule has 0 bridgehead atoms. The van der Waals surface area contributed by atoms with Crippen LogP contribution in [0.25, 0.3) is 0 Å². The average molecular weight is 346 g/mol. The summed E-state index contributed by atoms with van der Waals surface area (Å²) in [5.74, 6) is 0.668. The van der Waals surface area contributed by atoms with Gasteiger partial charge in [0.25, 0.3) is 0 Å². The molecule has 0 saturated carbocycles. The van der Waals surface area contributed by atoms with Crippen LogP contribution >= 0.6 is 15.9 Å². The first-order valence-corrected chi connectivity index (χ1v) is 9.30. The first-order valence-electron chi connectivity index (χ1n) is 6.69. The quantitative estimate of drug-likeness (QED) is 0.823. The molecule has 0 amide bonds. The van der Waals surface area contributed by atoms with Crippen molar-refractivity contribution in [3.63, 3.8) is 0 Å². The smallest absolute Gasteiger partial charge is 0.151 e. The molecule has 0 radical (unpaired) electrons. The van der Waals surface area contributed by atoms with Gasteiger partial charge in [0.05, 0.1) is 11.5 Å². The summed E-state index contributed by atoms with van der Waals surface area (Å²) in [7, 11) is -2.81. The Kier molecular flexibility index (Phi) is 5.03. The fraction of sp³-hybridized carbons (Fsp3) is 0.571. The Morgan fingerprint density at radius 2 is 2.00 bits per heavy atom. The lowest BCUT2D eigenvalue weighted by Gasteiger charge is -2.27. The second-order valence-electron chi connectivity index (χ2n) is 5.15. The van der Waals surface area contributed by atoms with Crippen LogP contribution in [-0.4, -0.2) is 37.4 Å². The number of hydrogen-bond donors (Lipinski definition) is 0. The maximum Gasteiger partial charge on any atom is 0.151 e. The van der Waals surface area contributed by atoms with Gasteiger partial charge in [-0.05, 0) is 37.1 Å². The molecule has 1 heterocycles. The van der Waals surface area contributed by atoms with Crippen LogP contribution < -0.4 is 0 Å². The van der Waals surface area contributed by atoms with E-state index < -0.39 is 9.84 Å². The van der Waals surface area contributed by atoms with Crippen molar-refractivity contribution in [1.82, 2.24) is 4.90 Å². The Bertz CT molecular complexity index is 513. The summed E-state index contributed by atoms with van der Waals surface area (Å²) in [6, 6.07) is 8.44. The van der Waals surface area contributed by atoms with E-state index in [0.717, 1.165) is 30.4 Å². The van der Waals surface area contributed by atoms with Crippen molar-refractivity contribution in [2.45, 2.75) is 32.4 Å². The fourth-order valence-corrected chi connectivity index (χ4v) is 4.59. The predicted molar refractivity (Wildman–Crippen MR) is 81.9 cm³/mol. The molecule has 1 aliphatic heterocycles. The number of rotatable bonds is 5. The average Bonchev–Trinajstić information content (AvgIpc) is 2.72. The predicted octanol–water partition coefficient (Wildman–Crippen LogP) is 2.85. The largest absolute Gasteiger partial charge is 0.295 e. The van der Waals surface area contributed by atoms with Crippen molar-refractivity contribution < 1.29 is 8.42 Å². The number of benzene rings is 1. The van der Waals surface area contributed by atoms with Crippen LogP contribution in [0, 0.1) is 0 Å². The van der Waals surface area contributed by atoms with Crippen molar-refractivity contribution in [3.8, 4) is 0 Å². The second-order valence-corrected chi connectivity index (χ2v) is 8.30. The lowest BCUT2D eigenvalue weighted by molar-refractivity contribution is 0.204. The SMILES string of the molecule is CCCN(Cc1ccc(Br)cc1)C1CCS(=O)(=O)C1. The third-order valence-corrected chi connectivity index (χ3v) is 5.81. The van der Waals surface area contributed by atoms with Gasteiger partial charge in [-0.1, -0.05) is 35.0 Å². The van der Waals surface area contributed by atoms with Crippen LogP contribution in [-0.2, 0) is 16.4 Å². The van der Waals surface area contributed by atoms with Crippen LogP contribution in [0.2, 0.25) is 0 Å². The number of hydrogen-bond acceptors (Lipinski definition) is 3. The monoisotopic (exact) mass is 345 g/mol. The van der Waals surface area contributed by atoms with Crippen LogP contribution in [0.5, 0.6) is 0 Å². The lowest BCUT2D eigenvalue weighted by atomic mass is 10.1. The molecule has 0 spiro atoms. The summed E-state index contributed by atoms with van der Waals surface area (Å²) in [6.07, 6.45) is 1.83. The number of halogens is 1. The molecule has 2 rings (SSSR count). The molecule has 5 heteroatoms. The molecule has 1 atom stereocenters. The van der Waals surface area contributed by atoms with E-state index in [1.165, 1.54) is 5.56 Å². The van der Waals surface area contributed by atoms with Gasteiger partial charge in [0.2, 0.25) is 0 Å². The van der Waals surface area contributed by atoms with Crippen LogP contribution in [0.15, 0.2) is 28.7 Å². The Balaban J connectivity index is 2.06. The molecule has 1 unspecified atom stereocenters. The summed E-state index contributed by atoms with van der Waals surface area (Å²) in [5.41, 5.74) is 1.24. The lowest BCUT2D eigenvalue weighted by Crippen LogP contribution is -2.36. The van der Waals surface area contributed by atoms with E-state index in [-0.39, 0.29) is 6.04 Å². The van der Waals surface area contributed by atoms with Crippen LogP contribution in [0.1, 0.15) is 25.3 Å². The molecule has 3 nitrogen and oxygen atoms in total. The molecule has 19 heavy (non-hydrogen) atoms. The maximum absolute atomic E-state index is 11.6. The standard InChI is InChI=1S/C14H20BrNO2S/c1-2-8-16(14-7-9-19(17,18)11-14)10-12-3-5-13(15)6-4-12/h3-6,14H,2,7-11H2,1H3.